The fourth-order valence-electron chi connectivity index (χ4n) is 3.16. The number of hydrogen-bond acceptors (Lipinski definition) is 3. The lowest BCUT2D eigenvalue weighted by Gasteiger charge is -2.31. The molecule has 4 nitrogen and oxygen atoms in total. The van der Waals surface area contributed by atoms with Gasteiger partial charge in [0.25, 0.3) is 0 Å². The number of carbonyl (C=O) groups excluding carboxylic acids is 2. The molecule has 0 heterocycles. The minimum absolute atomic E-state index is 0.0560. The van der Waals surface area contributed by atoms with E-state index in [0.29, 0.717) is 30.3 Å². The number of unbranched alkanes of at least 4 members (excludes halogenated alkanes) is 1. The van der Waals surface area contributed by atoms with E-state index in [-0.39, 0.29) is 11.8 Å². The number of thioether (sulfide) groups is 1. The van der Waals surface area contributed by atoms with Gasteiger partial charge in [-0.3, -0.25) is 9.59 Å². The number of halogens is 2. The zero-order valence-corrected chi connectivity index (χ0v) is 21.2. The quantitative estimate of drug-likeness (QED) is 0.343. The Balaban J connectivity index is 2.10. The zero-order valence-electron chi connectivity index (χ0n) is 18.1. The molecule has 2 aromatic carbocycles. The summed E-state index contributed by atoms with van der Waals surface area (Å²) in [5.74, 6) is 0.881. The normalized spacial score (nSPS) is 11.7. The van der Waals surface area contributed by atoms with Crippen LogP contribution in [0.15, 0.2) is 53.0 Å². The maximum absolute atomic E-state index is 13.2. The van der Waals surface area contributed by atoms with Gasteiger partial charge in [0.1, 0.15) is 6.04 Å². The maximum Gasteiger partial charge on any atom is 0.242 e. The highest BCUT2D eigenvalue weighted by molar-refractivity contribution is 9.10. The van der Waals surface area contributed by atoms with Crippen molar-refractivity contribution in [2.75, 3.05) is 12.3 Å². The molecule has 1 atom stereocenters. The lowest BCUT2D eigenvalue weighted by molar-refractivity contribution is -0.139. The number of amides is 2. The summed E-state index contributed by atoms with van der Waals surface area (Å²) in [6.45, 7) is 4.96. The number of nitrogens with one attached hydrogen (secondary N) is 1. The summed E-state index contributed by atoms with van der Waals surface area (Å²) >= 11 is 11.3. The van der Waals surface area contributed by atoms with Crippen LogP contribution < -0.4 is 5.32 Å². The molecule has 2 amide bonds. The number of nitrogens with zero attached hydrogens (tertiary/aromatic N) is 1. The van der Waals surface area contributed by atoms with Gasteiger partial charge in [-0.05, 0) is 42.2 Å². The molecule has 0 saturated carbocycles. The highest BCUT2D eigenvalue weighted by Gasteiger charge is 2.28. The van der Waals surface area contributed by atoms with Gasteiger partial charge in [-0.15, -0.1) is 11.8 Å². The van der Waals surface area contributed by atoms with Crippen LogP contribution in [-0.2, 0) is 21.9 Å². The van der Waals surface area contributed by atoms with E-state index in [2.05, 4.69) is 28.2 Å². The summed E-state index contributed by atoms with van der Waals surface area (Å²) in [5, 5.41) is 3.58. The molecule has 2 aromatic rings. The van der Waals surface area contributed by atoms with Crippen LogP contribution in [0.2, 0.25) is 5.02 Å². The summed E-state index contributed by atoms with van der Waals surface area (Å²) in [7, 11) is 0. The van der Waals surface area contributed by atoms with Crippen LogP contribution in [-0.4, -0.2) is 35.1 Å². The Morgan fingerprint density at radius 3 is 2.48 bits per heavy atom. The molecule has 0 aromatic heterocycles. The van der Waals surface area contributed by atoms with Crippen molar-refractivity contribution in [3.05, 3.63) is 69.2 Å². The minimum Gasteiger partial charge on any atom is -0.354 e. The van der Waals surface area contributed by atoms with Crippen molar-refractivity contribution in [2.45, 2.75) is 51.4 Å². The van der Waals surface area contributed by atoms with Gasteiger partial charge >= 0.3 is 0 Å². The molecular formula is C24H30BrClN2O2S. The summed E-state index contributed by atoms with van der Waals surface area (Å²) in [5.41, 5.74) is 2.00. The van der Waals surface area contributed by atoms with Gasteiger partial charge in [-0.1, -0.05) is 78.1 Å². The van der Waals surface area contributed by atoms with Gasteiger partial charge in [-0.25, -0.2) is 0 Å². The lowest BCUT2D eigenvalue weighted by Crippen LogP contribution is -2.49. The summed E-state index contributed by atoms with van der Waals surface area (Å²) in [4.78, 5) is 27.7. The third kappa shape index (κ3) is 8.51. The van der Waals surface area contributed by atoms with Crippen molar-refractivity contribution in [1.82, 2.24) is 10.2 Å². The molecule has 0 fully saturated rings. The highest BCUT2D eigenvalue weighted by Crippen LogP contribution is 2.22. The second kappa shape index (κ2) is 13.8. The van der Waals surface area contributed by atoms with E-state index in [1.54, 1.807) is 16.7 Å². The number of benzene rings is 2. The molecular weight excluding hydrogens is 496 g/mol. The number of hydrogen-bond donors (Lipinski definition) is 1. The largest absolute Gasteiger partial charge is 0.354 e. The highest BCUT2D eigenvalue weighted by atomic mass is 79.9. The Labute approximate surface area is 203 Å². The first kappa shape index (κ1) is 25.8. The Morgan fingerprint density at radius 1 is 1.13 bits per heavy atom. The van der Waals surface area contributed by atoms with Crippen molar-refractivity contribution in [2.24, 2.45) is 0 Å². The number of carbonyl (C=O) groups is 2. The standard InChI is InChI=1S/C24H30BrClN2O2S/c1-3-5-14-27-24(30)22(4-2)28(15-19-8-6-7-9-21(19)26)23(29)17-31-16-18-10-12-20(25)13-11-18/h6-13,22H,3-5,14-17H2,1-2H3,(H,27,30)/t22-/m0/s1. The average Bonchev–Trinajstić information content (AvgIpc) is 2.76. The van der Waals surface area contributed by atoms with E-state index in [4.69, 9.17) is 11.6 Å². The van der Waals surface area contributed by atoms with Gasteiger partial charge in [0.05, 0.1) is 5.75 Å². The molecule has 31 heavy (non-hydrogen) atoms. The van der Waals surface area contributed by atoms with E-state index in [1.807, 2.05) is 55.5 Å². The summed E-state index contributed by atoms with van der Waals surface area (Å²) in [6, 6.07) is 15.0. The van der Waals surface area contributed by atoms with Crippen LogP contribution in [0, 0.1) is 0 Å². The van der Waals surface area contributed by atoms with E-state index in [9.17, 15) is 9.59 Å². The zero-order chi connectivity index (χ0) is 22.6. The SMILES string of the molecule is CCCCNC(=O)[C@H](CC)N(Cc1ccccc1Cl)C(=O)CSCc1ccc(Br)cc1. The van der Waals surface area contributed by atoms with Gasteiger partial charge in [0, 0.05) is 28.3 Å². The topological polar surface area (TPSA) is 49.4 Å². The van der Waals surface area contributed by atoms with Gasteiger partial charge < -0.3 is 10.2 Å². The van der Waals surface area contributed by atoms with Crippen LogP contribution in [0.1, 0.15) is 44.2 Å². The molecule has 1 N–H and O–H groups in total. The Bertz CT molecular complexity index is 848. The number of rotatable bonds is 12. The molecule has 0 aliphatic carbocycles. The molecule has 0 aliphatic rings. The van der Waals surface area contributed by atoms with Crippen LogP contribution in [0.25, 0.3) is 0 Å². The van der Waals surface area contributed by atoms with Crippen LogP contribution >= 0.6 is 39.3 Å². The van der Waals surface area contributed by atoms with Crippen molar-refractivity contribution in [1.29, 1.82) is 0 Å². The van der Waals surface area contributed by atoms with E-state index in [1.165, 1.54) is 0 Å². The predicted molar refractivity (Wildman–Crippen MR) is 134 cm³/mol. The first-order chi connectivity index (χ1) is 15.0. The van der Waals surface area contributed by atoms with Crippen molar-refractivity contribution in [3.8, 4) is 0 Å². The molecule has 0 unspecified atom stereocenters. The molecule has 0 spiro atoms. The average molecular weight is 526 g/mol. The molecule has 0 aliphatic heterocycles. The van der Waals surface area contributed by atoms with Gasteiger partial charge in [-0.2, -0.15) is 0 Å². The van der Waals surface area contributed by atoms with Gasteiger partial charge in [0.15, 0.2) is 0 Å². The van der Waals surface area contributed by atoms with Crippen LogP contribution in [0.4, 0.5) is 0 Å². The Morgan fingerprint density at radius 2 is 1.84 bits per heavy atom. The van der Waals surface area contributed by atoms with E-state index < -0.39 is 6.04 Å². The second-order valence-electron chi connectivity index (χ2n) is 7.30. The van der Waals surface area contributed by atoms with Crippen molar-refractivity contribution < 1.29 is 9.59 Å². The molecule has 2 rings (SSSR count). The fraction of sp³-hybridized carbons (Fsp3) is 0.417. The molecule has 7 heteroatoms. The molecule has 0 bridgehead atoms. The lowest BCUT2D eigenvalue weighted by atomic mass is 10.1. The summed E-state index contributed by atoms with van der Waals surface area (Å²) < 4.78 is 1.03. The second-order valence-corrected chi connectivity index (χ2v) is 9.61. The first-order valence-corrected chi connectivity index (χ1v) is 12.9. The van der Waals surface area contributed by atoms with Crippen LogP contribution in [0.3, 0.4) is 0 Å². The fourth-order valence-corrected chi connectivity index (χ4v) is 4.49. The van der Waals surface area contributed by atoms with E-state index in [0.717, 1.165) is 34.2 Å². The molecule has 168 valence electrons. The van der Waals surface area contributed by atoms with Crippen LogP contribution in [0.5, 0.6) is 0 Å². The third-order valence-electron chi connectivity index (χ3n) is 4.92. The monoisotopic (exact) mass is 524 g/mol. The molecule has 0 radical (unpaired) electrons. The predicted octanol–water partition coefficient (Wildman–Crippen LogP) is 6.06. The Kier molecular flexibility index (Phi) is 11.5. The van der Waals surface area contributed by atoms with Crippen molar-refractivity contribution >= 4 is 51.1 Å². The van der Waals surface area contributed by atoms with Gasteiger partial charge in [0.2, 0.25) is 11.8 Å². The third-order valence-corrected chi connectivity index (χ3v) is 6.81. The first-order valence-electron chi connectivity index (χ1n) is 10.6. The van der Waals surface area contributed by atoms with Crippen molar-refractivity contribution in [3.63, 3.8) is 0 Å². The smallest absolute Gasteiger partial charge is 0.242 e. The minimum atomic E-state index is -0.520. The maximum atomic E-state index is 13.2. The Hall–Kier alpha value is -1.50. The molecule has 0 saturated heterocycles. The van der Waals surface area contributed by atoms with E-state index >= 15 is 0 Å². The summed E-state index contributed by atoms with van der Waals surface area (Å²) in [6.07, 6.45) is 2.47.